The zero-order chi connectivity index (χ0) is 17.2. The molecule has 2 aliphatic rings. The van der Waals surface area contributed by atoms with Crippen molar-refractivity contribution < 1.29 is 13.2 Å². The number of piperidine rings is 1. The standard InChI is InChI=1S/C17H25N3O3S/c1-18-24(22,23)15-3-4-16-14(12-15)8-11-20(16)17(21)5-2-13-6-9-19-10-7-13/h3-4,12-13,18-19H,2,5-11H2,1H3. The van der Waals surface area contributed by atoms with Crippen molar-refractivity contribution >= 4 is 21.6 Å². The number of anilines is 1. The Bertz CT molecular complexity index is 712. The molecule has 1 fully saturated rings. The monoisotopic (exact) mass is 351 g/mol. The van der Waals surface area contributed by atoms with Crippen LogP contribution in [0.25, 0.3) is 0 Å². The zero-order valence-electron chi connectivity index (χ0n) is 14.0. The molecular weight excluding hydrogens is 326 g/mol. The van der Waals surface area contributed by atoms with Crippen molar-refractivity contribution in [2.24, 2.45) is 5.92 Å². The van der Waals surface area contributed by atoms with Crippen LogP contribution in [0.4, 0.5) is 5.69 Å². The molecule has 0 aliphatic carbocycles. The summed E-state index contributed by atoms with van der Waals surface area (Å²) in [5, 5.41) is 3.34. The number of benzene rings is 1. The highest BCUT2D eigenvalue weighted by Gasteiger charge is 2.26. The molecule has 24 heavy (non-hydrogen) atoms. The summed E-state index contributed by atoms with van der Waals surface area (Å²) in [7, 11) is -2.04. The van der Waals surface area contributed by atoms with E-state index < -0.39 is 10.0 Å². The third kappa shape index (κ3) is 3.63. The fraction of sp³-hybridized carbons (Fsp3) is 0.588. The Morgan fingerprint density at radius 3 is 2.79 bits per heavy atom. The molecule has 0 spiro atoms. The molecule has 7 heteroatoms. The van der Waals surface area contributed by atoms with Gasteiger partial charge in [0.05, 0.1) is 4.90 Å². The number of hydrogen-bond acceptors (Lipinski definition) is 4. The number of sulfonamides is 1. The first kappa shape index (κ1) is 17.4. The lowest BCUT2D eigenvalue weighted by molar-refractivity contribution is -0.118. The molecule has 0 atom stereocenters. The molecule has 2 N–H and O–H groups in total. The van der Waals surface area contributed by atoms with Crippen molar-refractivity contribution in [2.45, 2.75) is 37.0 Å². The molecule has 6 nitrogen and oxygen atoms in total. The molecule has 1 amide bonds. The van der Waals surface area contributed by atoms with Crippen molar-refractivity contribution in [1.29, 1.82) is 0 Å². The van der Waals surface area contributed by atoms with Gasteiger partial charge in [-0.1, -0.05) is 0 Å². The SMILES string of the molecule is CNS(=O)(=O)c1ccc2c(c1)CCN2C(=O)CCC1CCNCC1. The van der Waals surface area contributed by atoms with Crippen LogP contribution in [-0.2, 0) is 21.2 Å². The van der Waals surface area contributed by atoms with Crippen LogP contribution in [0.5, 0.6) is 0 Å². The second-order valence-electron chi connectivity index (χ2n) is 6.53. The van der Waals surface area contributed by atoms with Gasteiger partial charge >= 0.3 is 0 Å². The van der Waals surface area contributed by atoms with E-state index in [4.69, 9.17) is 0 Å². The van der Waals surface area contributed by atoms with Gasteiger partial charge in [0.25, 0.3) is 0 Å². The molecule has 2 heterocycles. The van der Waals surface area contributed by atoms with E-state index in [0.717, 1.165) is 43.6 Å². The van der Waals surface area contributed by atoms with E-state index in [2.05, 4.69) is 10.0 Å². The Balaban J connectivity index is 1.66. The molecule has 3 rings (SSSR count). The van der Waals surface area contributed by atoms with Crippen LogP contribution in [-0.4, -0.2) is 41.0 Å². The lowest BCUT2D eigenvalue weighted by Gasteiger charge is -2.24. The Labute approximate surface area is 143 Å². The number of carbonyl (C=O) groups excluding carboxylic acids is 1. The first-order chi connectivity index (χ1) is 11.5. The first-order valence-corrected chi connectivity index (χ1v) is 10.1. The second-order valence-corrected chi connectivity index (χ2v) is 8.41. The summed E-state index contributed by atoms with van der Waals surface area (Å²) in [6, 6.07) is 5.01. The number of carbonyl (C=O) groups is 1. The summed E-state index contributed by atoms with van der Waals surface area (Å²) in [4.78, 5) is 14.6. The average Bonchev–Trinajstić information content (AvgIpc) is 3.04. The largest absolute Gasteiger partial charge is 0.317 e. The Hall–Kier alpha value is -1.44. The van der Waals surface area contributed by atoms with Crippen molar-refractivity contribution in [2.75, 3.05) is 31.6 Å². The van der Waals surface area contributed by atoms with Gasteiger partial charge in [-0.2, -0.15) is 0 Å². The second kappa shape index (κ2) is 7.21. The van der Waals surface area contributed by atoms with Crippen LogP contribution < -0.4 is 14.9 Å². The number of amides is 1. The molecule has 1 aromatic carbocycles. The van der Waals surface area contributed by atoms with Gasteiger partial charge < -0.3 is 10.2 Å². The summed E-state index contributed by atoms with van der Waals surface area (Å²) in [5.41, 5.74) is 1.79. The lowest BCUT2D eigenvalue weighted by Crippen LogP contribution is -2.31. The fourth-order valence-electron chi connectivity index (χ4n) is 3.56. The van der Waals surface area contributed by atoms with Gasteiger partial charge in [-0.15, -0.1) is 0 Å². The predicted molar refractivity (Wildman–Crippen MR) is 93.6 cm³/mol. The molecule has 0 aromatic heterocycles. The molecule has 132 valence electrons. The van der Waals surface area contributed by atoms with Gasteiger partial charge in [0, 0.05) is 18.7 Å². The Morgan fingerprint density at radius 2 is 2.08 bits per heavy atom. The van der Waals surface area contributed by atoms with Crippen molar-refractivity contribution in [1.82, 2.24) is 10.0 Å². The van der Waals surface area contributed by atoms with E-state index in [1.165, 1.54) is 7.05 Å². The maximum atomic E-state index is 12.6. The Morgan fingerprint density at radius 1 is 1.33 bits per heavy atom. The summed E-state index contributed by atoms with van der Waals surface area (Å²) in [6.45, 7) is 2.74. The summed E-state index contributed by atoms with van der Waals surface area (Å²) < 4.78 is 26.1. The van der Waals surface area contributed by atoms with Crippen LogP contribution in [0.3, 0.4) is 0 Å². The van der Waals surface area contributed by atoms with Gasteiger partial charge in [-0.3, -0.25) is 4.79 Å². The highest BCUT2D eigenvalue weighted by Crippen LogP contribution is 2.31. The molecule has 2 aliphatic heterocycles. The third-order valence-electron chi connectivity index (χ3n) is 5.05. The summed E-state index contributed by atoms with van der Waals surface area (Å²) in [6.07, 6.45) is 4.52. The third-order valence-corrected chi connectivity index (χ3v) is 6.46. The lowest BCUT2D eigenvalue weighted by atomic mass is 9.93. The summed E-state index contributed by atoms with van der Waals surface area (Å²) in [5.74, 6) is 0.789. The van der Waals surface area contributed by atoms with Gasteiger partial charge in [0.1, 0.15) is 0 Å². The van der Waals surface area contributed by atoms with Crippen LogP contribution >= 0.6 is 0 Å². The van der Waals surface area contributed by atoms with Crippen LogP contribution in [0.1, 0.15) is 31.2 Å². The van der Waals surface area contributed by atoms with Crippen molar-refractivity contribution in [3.8, 4) is 0 Å². The van der Waals surface area contributed by atoms with Gasteiger partial charge in [0.15, 0.2) is 0 Å². The van der Waals surface area contributed by atoms with Crippen LogP contribution in [0, 0.1) is 5.92 Å². The number of nitrogens with one attached hydrogen (secondary N) is 2. The molecule has 1 aromatic rings. The van der Waals surface area contributed by atoms with Crippen molar-refractivity contribution in [3.05, 3.63) is 23.8 Å². The summed E-state index contributed by atoms with van der Waals surface area (Å²) >= 11 is 0. The van der Waals surface area contributed by atoms with Crippen molar-refractivity contribution in [3.63, 3.8) is 0 Å². The van der Waals surface area contributed by atoms with Gasteiger partial charge in [-0.25, -0.2) is 13.1 Å². The fourth-order valence-corrected chi connectivity index (χ4v) is 4.34. The highest BCUT2D eigenvalue weighted by molar-refractivity contribution is 7.89. The molecule has 0 radical (unpaired) electrons. The first-order valence-electron chi connectivity index (χ1n) is 8.59. The van der Waals surface area contributed by atoms with E-state index in [0.29, 0.717) is 25.3 Å². The zero-order valence-corrected chi connectivity index (χ0v) is 14.9. The topological polar surface area (TPSA) is 78.5 Å². The maximum absolute atomic E-state index is 12.6. The van der Waals surface area contributed by atoms with E-state index in [9.17, 15) is 13.2 Å². The predicted octanol–water partition coefficient (Wildman–Crippen LogP) is 1.26. The molecule has 0 saturated carbocycles. The minimum atomic E-state index is -3.44. The smallest absolute Gasteiger partial charge is 0.240 e. The Kier molecular flexibility index (Phi) is 5.22. The minimum absolute atomic E-state index is 0.150. The van der Waals surface area contributed by atoms with Crippen LogP contribution in [0.2, 0.25) is 0 Å². The highest BCUT2D eigenvalue weighted by atomic mass is 32.2. The quantitative estimate of drug-likeness (QED) is 0.837. The van der Waals surface area contributed by atoms with Crippen LogP contribution in [0.15, 0.2) is 23.1 Å². The molecular formula is C17H25N3O3S. The number of nitrogens with zero attached hydrogens (tertiary/aromatic N) is 1. The number of hydrogen-bond donors (Lipinski definition) is 2. The number of rotatable bonds is 5. The number of fused-ring (bicyclic) bond motifs is 1. The van der Waals surface area contributed by atoms with E-state index in [-0.39, 0.29) is 10.8 Å². The normalized spacial score (nSPS) is 18.6. The average molecular weight is 351 g/mol. The molecule has 1 saturated heterocycles. The maximum Gasteiger partial charge on any atom is 0.240 e. The molecule has 0 unspecified atom stereocenters. The van der Waals surface area contributed by atoms with E-state index in [1.54, 1.807) is 18.2 Å². The van der Waals surface area contributed by atoms with E-state index >= 15 is 0 Å². The van der Waals surface area contributed by atoms with Gasteiger partial charge in [0.2, 0.25) is 15.9 Å². The molecule has 0 bridgehead atoms. The van der Waals surface area contributed by atoms with E-state index in [1.807, 2.05) is 4.90 Å². The van der Waals surface area contributed by atoms with Gasteiger partial charge in [-0.05, 0) is 75.5 Å². The minimum Gasteiger partial charge on any atom is -0.317 e.